The number of amides is 1. The number of hydrogen-bond acceptors (Lipinski definition) is 4. The third kappa shape index (κ3) is 5.28. The molecule has 138 valence electrons. The molecule has 0 bridgehead atoms. The van der Waals surface area contributed by atoms with Crippen molar-refractivity contribution in [1.29, 1.82) is 0 Å². The molecule has 0 aliphatic carbocycles. The Labute approximate surface area is 157 Å². The van der Waals surface area contributed by atoms with E-state index in [9.17, 15) is 9.18 Å². The molecule has 0 aliphatic heterocycles. The number of ether oxygens (including phenoxy) is 1. The van der Waals surface area contributed by atoms with Crippen molar-refractivity contribution in [2.45, 2.75) is 6.42 Å². The summed E-state index contributed by atoms with van der Waals surface area (Å²) in [6.07, 6.45) is 2.36. The monoisotopic (exact) mass is 365 g/mol. The molecule has 27 heavy (non-hydrogen) atoms. The van der Waals surface area contributed by atoms with E-state index in [4.69, 9.17) is 4.74 Å². The first-order valence-electron chi connectivity index (χ1n) is 8.54. The minimum absolute atomic E-state index is 0.212. The number of nitrogens with zero attached hydrogens (tertiary/aromatic N) is 1. The summed E-state index contributed by atoms with van der Waals surface area (Å²) in [4.78, 5) is 16.5. The number of nitrogens with one attached hydrogen (secondary N) is 2. The van der Waals surface area contributed by atoms with E-state index in [1.807, 2.05) is 0 Å². The standard InChI is InChI=1S/C21H20FN3O2/c1-27-19-9-4-16(5-10-19)21(26)25-18-8-11-20(24-14-18)23-13-12-15-2-6-17(22)7-3-15/h2-11,14H,12-13H2,1H3,(H,23,24)(H,25,26). The van der Waals surface area contributed by atoms with Crippen LogP contribution < -0.4 is 15.4 Å². The van der Waals surface area contributed by atoms with Crippen LogP contribution in [-0.4, -0.2) is 24.5 Å². The molecule has 0 atom stereocenters. The summed E-state index contributed by atoms with van der Waals surface area (Å²) in [5.41, 5.74) is 2.20. The molecule has 0 aliphatic rings. The van der Waals surface area contributed by atoms with Crippen molar-refractivity contribution in [3.05, 3.63) is 83.8 Å². The smallest absolute Gasteiger partial charge is 0.255 e. The van der Waals surface area contributed by atoms with Crippen molar-refractivity contribution in [2.24, 2.45) is 0 Å². The Kier molecular flexibility index (Phi) is 5.99. The number of hydrogen-bond donors (Lipinski definition) is 2. The van der Waals surface area contributed by atoms with E-state index in [0.717, 1.165) is 12.0 Å². The average molecular weight is 365 g/mol. The minimum atomic E-state index is -0.236. The molecule has 0 saturated heterocycles. The molecule has 3 aromatic rings. The van der Waals surface area contributed by atoms with E-state index in [-0.39, 0.29) is 11.7 Å². The third-order valence-electron chi connectivity index (χ3n) is 4.01. The quantitative estimate of drug-likeness (QED) is 0.661. The van der Waals surface area contributed by atoms with Gasteiger partial charge in [0.1, 0.15) is 17.4 Å². The van der Waals surface area contributed by atoms with Gasteiger partial charge in [-0.3, -0.25) is 4.79 Å². The van der Waals surface area contributed by atoms with Crippen LogP contribution in [0.3, 0.4) is 0 Å². The maximum absolute atomic E-state index is 12.9. The van der Waals surface area contributed by atoms with Crippen LogP contribution in [0.4, 0.5) is 15.9 Å². The van der Waals surface area contributed by atoms with Gasteiger partial charge >= 0.3 is 0 Å². The number of pyridine rings is 1. The number of aromatic nitrogens is 1. The highest BCUT2D eigenvalue weighted by molar-refractivity contribution is 6.04. The SMILES string of the molecule is COc1ccc(C(=O)Nc2ccc(NCCc3ccc(F)cc3)nc2)cc1. The van der Waals surface area contributed by atoms with E-state index in [0.29, 0.717) is 29.4 Å². The molecule has 0 spiro atoms. The lowest BCUT2D eigenvalue weighted by Gasteiger charge is -2.08. The first kappa shape index (κ1) is 18.4. The number of carbonyl (C=O) groups excluding carboxylic acids is 1. The van der Waals surface area contributed by atoms with Gasteiger partial charge in [0, 0.05) is 12.1 Å². The molecular formula is C21H20FN3O2. The lowest BCUT2D eigenvalue weighted by atomic mass is 10.1. The Hall–Kier alpha value is -3.41. The number of rotatable bonds is 7. The highest BCUT2D eigenvalue weighted by Gasteiger charge is 2.06. The molecular weight excluding hydrogens is 345 g/mol. The summed E-state index contributed by atoms with van der Waals surface area (Å²) < 4.78 is 18.0. The molecule has 6 heteroatoms. The van der Waals surface area contributed by atoms with Gasteiger partial charge in [0.2, 0.25) is 0 Å². The lowest BCUT2D eigenvalue weighted by Crippen LogP contribution is -2.12. The van der Waals surface area contributed by atoms with Crippen LogP contribution in [0.25, 0.3) is 0 Å². The fourth-order valence-corrected chi connectivity index (χ4v) is 2.50. The highest BCUT2D eigenvalue weighted by Crippen LogP contribution is 2.14. The van der Waals surface area contributed by atoms with Crippen LogP contribution >= 0.6 is 0 Å². The zero-order chi connectivity index (χ0) is 19.1. The van der Waals surface area contributed by atoms with Crippen LogP contribution in [0.5, 0.6) is 5.75 Å². The summed E-state index contributed by atoms with van der Waals surface area (Å²) in [6.45, 7) is 0.677. The van der Waals surface area contributed by atoms with Crippen LogP contribution in [-0.2, 0) is 6.42 Å². The van der Waals surface area contributed by atoms with E-state index < -0.39 is 0 Å². The van der Waals surface area contributed by atoms with Gasteiger partial charge in [-0.1, -0.05) is 12.1 Å². The van der Waals surface area contributed by atoms with Gasteiger partial charge in [0.25, 0.3) is 5.91 Å². The van der Waals surface area contributed by atoms with E-state index in [1.165, 1.54) is 12.1 Å². The topological polar surface area (TPSA) is 63.2 Å². The van der Waals surface area contributed by atoms with Crippen LogP contribution in [0.15, 0.2) is 66.9 Å². The van der Waals surface area contributed by atoms with Gasteiger partial charge in [0.15, 0.2) is 0 Å². The Morgan fingerprint density at radius 1 is 1.04 bits per heavy atom. The fraction of sp³-hybridized carbons (Fsp3) is 0.143. The van der Waals surface area contributed by atoms with Gasteiger partial charge in [-0.2, -0.15) is 0 Å². The van der Waals surface area contributed by atoms with E-state index in [2.05, 4.69) is 15.6 Å². The van der Waals surface area contributed by atoms with Gasteiger partial charge < -0.3 is 15.4 Å². The molecule has 3 rings (SSSR count). The second-order valence-electron chi connectivity index (χ2n) is 5.92. The Morgan fingerprint density at radius 2 is 1.78 bits per heavy atom. The van der Waals surface area contributed by atoms with Crippen molar-refractivity contribution in [3.63, 3.8) is 0 Å². The highest BCUT2D eigenvalue weighted by atomic mass is 19.1. The largest absolute Gasteiger partial charge is 0.497 e. The minimum Gasteiger partial charge on any atom is -0.497 e. The van der Waals surface area contributed by atoms with E-state index in [1.54, 1.807) is 61.8 Å². The predicted octanol–water partition coefficient (Wildman–Crippen LogP) is 4.14. The number of methoxy groups -OCH3 is 1. The maximum Gasteiger partial charge on any atom is 0.255 e. The van der Waals surface area contributed by atoms with E-state index >= 15 is 0 Å². The lowest BCUT2D eigenvalue weighted by molar-refractivity contribution is 0.102. The number of halogens is 1. The second-order valence-corrected chi connectivity index (χ2v) is 5.92. The Bertz CT molecular complexity index is 879. The van der Waals surface area contributed by atoms with Crippen LogP contribution in [0, 0.1) is 5.82 Å². The summed E-state index contributed by atoms with van der Waals surface area (Å²) in [6, 6.07) is 16.9. The molecule has 1 heterocycles. The van der Waals surface area contributed by atoms with Crippen molar-refractivity contribution in [3.8, 4) is 5.75 Å². The molecule has 2 aromatic carbocycles. The zero-order valence-electron chi connectivity index (χ0n) is 14.9. The molecule has 0 unspecified atom stereocenters. The van der Waals surface area contributed by atoms with Crippen molar-refractivity contribution in [2.75, 3.05) is 24.3 Å². The number of carbonyl (C=O) groups is 1. The fourth-order valence-electron chi connectivity index (χ4n) is 2.50. The molecule has 0 saturated carbocycles. The van der Waals surface area contributed by atoms with Crippen molar-refractivity contribution in [1.82, 2.24) is 4.98 Å². The number of benzene rings is 2. The molecule has 0 fully saturated rings. The molecule has 1 amide bonds. The van der Waals surface area contributed by atoms with Gasteiger partial charge in [-0.25, -0.2) is 9.37 Å². The Morgan fingerprint density at radius 3 is 2.41 bits per heavy atom. The zero-order valence-corrected chi connectivity index (χ0v) is 14.9. The summed E-state index contributed by atoms with van der Waals surface area (Å²) >= 11 is 0. The third-order valence-corrected chi connectivity index (χ3v) is 4.01. The summed E-state index contributed by atoms with van der Waals surface area (Å²) in [5.74, 6) is 0.959. The number of anilines is 2. The average Bonchev–Trinajstić information content (AvgIpc) is 2.71. The Balaban J connectivity index is 1.50. The molecule has 1 aromatic heterocycles. The van der Waals surface area contributed by atoms with Crippen LogP contribution in [0.1, 0.15) is 15.9 Å². The first-order valence-corrected chi connectivity index (χ1v) is 8.54. The van der Waals surface area contributed by atoms with Gasteiger partial charge in [-0.05, 0) is 60.5 Å². The second kappa shape index (κ2) is 8.80. The van der Waals surface area contributed by atoms with Crippen molar-refractivity contribution < 1.29 is 13.9 Å². The molecule has 2 N–H and O–H groups in total. The van der Waals surface area contributed by atoms with Crippen molar-refractivity contribution >= 4 is 17.4 Å². The van der Waals surface area contributed by atoms with Gasteiger partial charge in [-0.15, -0.1) is 0 Å². The maximum atomic E-state index is 12.9. The summed E-state index contributed by atoms with van der Waals surface area (Å²) in [5, 5.41) is 6.01. The normalized spacial score (nSPS) is 10.3. The summed E-state index contributed by atoms with van der Waals surface area (Å²) in [7, 11) is 1.58. The predicted molar refractivity (Wildman–Crippen MR) is 104 cm³/mol. The molecule has 0 radical (unpaired) electrons. The first-order chi connectivity index (χ1) is 13.1. The molecule has 5 nitrogen and oxygen atoms in total. The van der Waals surface area contributed by atoms with Crippen LogP contribution in [0.2, 0.25) is 0 Å². The van der Waals surface area contributed by atoms with Gasteiger partial charge in [0.05, 0.1) is 19.0 Å².